The maximum atomic E-state index is 13.7. The summed E-state index contributed by atoms with van der Waals surface area (Å²) in [4.78, 5) is 52.5. The second-order valence-electron chi connectivity index (χ2n) is 9.48. The Morgan fingerprint density at radius 1 is 1.12 bits per heavy atom. The van der Waals surface area contributed by atoms with E-state index in [9.17, 15) is 19.2 Å². The fourth-order valence-corrected chi connectivity index (χ4v) is 3.87. The minimum Gasteiger partial charge on any atom is -0.468 e. The first-order valence-corrected chi connectivity index (χ1v) is 11.8. The number of nitrogens with zero attached hydrogens (tertiary/aromatic N) is 1. The highest BCUT2D eigenvalue weighted by atomic mass is 32.1. The molecule has 1 fully saturated rings. The molecule has 0 spiro atoms. The molecular weight excluding hydrogens is 458 g/mol. The van der Waals surface area contributed by atoms with Gasteiger partial charge in [-0.05, 0) is 53.0 Å². The van der Waals surface area contributed by atoms with Crippen LogP contribution in [0.5, 0.6) is 0 Å². The number of amides is 3. The van der Waals surface area contributed by atoms with Gasteiger partial charge in [0, 0.05) is 11.8 Å². The van der Waals surface area contributed by atoms with E-state index in [1.807, 2.05) is 32.0 Å². The minimum absolute atomic E-state index is 0.0185. The number of rotatable bonds is 9. The number of alkyl carbamates (subject to hydrolysis) is 1. The summed E-state index contributed by atoms with van der Waals surface area (Å²) in [6.45, 7) is 8.66. The Labute approximate surface area is 206 Å². The molecule has 0 saturated heterocycles. The summed E-state index contributed by atoms with van der Waals surface area (Å²) in [6, 6.07) is 3.48. The summed E-state index contributed by atoms with van der Waals surface area (Å²) in [6.07, 6.45) is 0.709. The normalized spacial score (nSPS) is 15.0. The number of aryl methyl sites for hydroxylation is 2. The molecule has 1 aliphatic rings. The molecule has 2 N–H and O–H groups in total. The molecule has 2 unspecified atom stereocenters. The Balaban J connectivity index is 2.41. The molecule has 0 radical (unpaired) electrons. The molecule has 188 valence electrons. The lowest BCUT2D eigenvalue weighted by atomic mass is 9.98. The maximum absolute atomic E-state index is 13.7. The summed E-state index contributed by atoms with van der Waals surface area (Å²) >= 11 is 4.27. The third kappa shape index (κ3) is 7.93. The summed E-state index contributed by atoms with van der Waals surface area (Å²) in [5, 5.41) is 5.16. The topological polar surface area (TPSA) is 114 Å². The SMILES string of the molecule is COC(=O)CNC(=O)C(c1cc(C)cc(C)c1)N(C(=O)C(CS)NC(=O)OC(C)(C)C)C1CC1. The zero-order chi connectivity index (χ0) is 25.6. The van der Waals surface area contributed by atoms with Gasteiger partial charge in [0.2, 0.25) is 11.8 Å². The highest BCUT2D eigenvalue weighted by Crippen LogP contribution is 2.36. The molecule has 9 nitrogen and oxygen atoms in total. The number of hydrogen-bond donors (Lipinski definition) is 3. The van der Waals surface area contributed by atoms with E-state index < -0.39 is 41.6 Å². The lowest BCUT2D eigenvalue weighted by molar-refractivity contribution is -0.145. The van der Waals surface area contributed by atoms with E-state index in [0.29, 0.717) is 5.56 Å². The predicted molar refractivity (Wildman–Crippen MR) is 131 cm³/mol. The van der Waals surface area contributed by atoms with Crippen LogP contribution in [0.3, 0.4) is 0 Å². The number of hydrogen-bond acceptors (Lipinski definition) is 7. The third-order valence-corrected chi connectivity index (χ3v) is 5.45. The number of carbonyl (C=O) groups is 4. The van der Waals surface area contributed by atoms with E-state index in [1.54, 1.807) is 20.8 Å². The van der Waals surface area contributed by atoms with Crippen LogP contribution < -0.4 is 10.6 Å². The van der Waals surface area contributed by atoms with Crippen LogP contribution in [0.4, 0.5) is 4.79 Å². The molecule has 10 heteroatoms. The second-order valence-corrected chi connectivity index (χ2v) is 9.84. The van der Waals surface area contributed by atoms with Crippen molar-refractivity contribution >= 4 is 36.5 Å². The van der Waals surface area contributed by atoms with Gasteiger partial charge in [0.05, 0.1) is 7.11 Å². The van der Waals surface area contributed by atoms with E-state index in [0.717, 1.165) is 24.0 Å². The summed E-state index contributed by atoms with van der Waals surface area (Å²) in [5.41, 5.74) is 1.75. The van der Waals surface area contributed by atoms with Crippen LogP contribution in [0.2, 0.25) is 0 Å². The standard InChI is InChI=1S/C24H35N3O6S/c1-14-9-15(2)11-16(10-14)20(21(29)25-12-19(28)32-6)27(17-7-8-17)22(30)18(13-34)26-23(31)33-24(3,4)5/h9-11,17-18,20,34H,7-8,12-13H2,1-6H3,(H,25,29)(H,26,31). The lowest BCUT2D eigenvalue weighted by Crippen LogP contribution is -2.54. The average molecular weight is 494 g/mol. The van der Waals surface area contributed by atoms with Gasteiger partial charge in [-0.2, -0.15) is 12.6 Å². The predicted octanol–water partition coefficient (Wildman–Crippen LogP) is 2.45. The van der Waals surface area contributed by atoms with Crippen molar-refractivity contribution < 1.29 is 28.7 Å². The minimum atomic E-state index is -0.999. The molecule has 0 aliphatic heterocycles. The Morgan fingerprint density at radius 2 is 1.71 bits per heavy atom. The molecule has 0 bridgehead atoms. The van der Waals surface area contributed by atoms with Crippen molar-refractivity contribution in [3.05, 3.63) is 34.9 Å². The summed E-state index contributed by atoms with van der Waals surface area (Å²) < 4.78 is 9.92. The number of thiol groups is 1. The Kier molecular flexibility index (Phi) is 9.37. The molecule has 1 aromatic carbocycles. The van der Waals surface area contributed by atoms with Gasteiger partial charge in [0.25, 0.3) is 0 Å². The summed E-state index contributed by atoms with van der Waals surface area (Å²) in [7, 11) is 1.23. The molecule has 1 aliphatic carbocycles. The van der Waals surface area contributed by atoms with Gasteiger partial charge in [0.15, 0.2) is 0 Å². The van der Waals surface area contributed by atoms with Crippen molar-refractivity contribution in [1.29, 1.82) is 0 Å². The van der Waals surface area contributed by atoms with Gasteiger partial charge < -0.3 is 25.0 Å². The van der Waals surface area contributed by atoms with Crippen molar-refractivity contribution in [2.24, 2.45) is 0 Å². The van der Waals surface area contributed by atoms with Crippen LogP contribution in [0.15, 0.2) is 18.2 Å². The zero-order valence-corrected chi connectivity index (χ0v) is 21.5. The molecule has 0 aromatic heterocycles. The number of methoxy groups -OCH3 is 1. The Morgan fingerprint density at radius 3 is 2.18 bits per heavy atom. The molecular formula is C24H35N3O6S. The first-order chi connectivity index (χ1) is 15.9. The van der Waals surface area contributed by atoms with E-state index in [2.05, 4.69) is 28.0 Å². The molecule has 0 heterocycles. The third-order valence-electron chi connectivity index (χ3n) is 5.09. The Bertz CT molecular complexity index is 906. The largest absolute Gasteiger partial charge is 0.468 e. The monoisotopic (exact) mass is 493 g/mol. The molecule has 2 rings (SSSR count). The quantitative estimate of drug-likeness (QED) is 0.360. The fourth-order valence-electron chi connectivity index (χ4n) is 3.62. The molecule has 3 amide bonds. The van der Waals surface area contributed by atoms with Crippen LogP contribution in [0.1, 0.15) is 56.3 Å². The van der Waals surface area contributed by atoms with Crippen LogP contribution >= 0.6 is 12.6 Å². The van der Waals surface area contributed by atoms with Crippen molar-refractivity contribution in [2.75, 3.05) is 19.4 Å². The van der Waals surface area contributed by atoms with Gasteiger partial charge in [-0.15, -0.1) is 0 Å². The highest BCUT2D eigenvalue weighted by molar-refractivity contribution is 7.80. The van der Waals surface area contributed by atoms with Gasteiger partial charge in [-0.3, -0.25) is 14.4 Å². The van der Waals surface area contributed by atoms with E-state index in [1.165, 1.54) is 12.0 Å². The van der Waals surface area contributed by atoms with Gasteiger partial charge in [-0.1, -0.05) is 29.3 Å². The van der Waals surface area contributed by atoms with Crippen LogP contribution in [0, 0.1) is 13.8 Å². The average Bonchev–Trinajstić information content (AvgIpc) is 3.56. The molecule has 1 aromatic rings. The van der Waals surface area contributed by atoms with Gasteiger partial charge in [0.1, 0.15) is 24.2 Å². The zero-order valence-electron chi connectivity index (χ0n) is 20.6. The van der Waals surface area contributed by atoms with Crippen molar-refractivity contribution in [1.82, 2.24) is 15.5 Å². The van der Waals surface area contributed by atoms with E-state index >= 15 is 0 Å². The number of nitrogens with one attached hydrogen (secondary N) is 2. The Hall–Kier alpha value is -2.75. The van der Waals surface area contributed by atoms with E-state index in [-0.39, 0.29) is 18.3 Å². The van der Waals surface area contributed by atoms with Gasteiger partial charge >= 0.3 is 12.1 Å². The molecule has 2 atom stereocenters. The molecule has 1 saturated carbocycles. The first kappa shape index (κ1) is 27.5. The van der Waals surface area contributed by atoms with Crippen molar-refractivity contribution in [3.8, 4) is 0 Å². The number of esters is 1. The van der Waals surface area contributed by atoms with Crippen LogP contribution in [0.25, 0.3) is 0 Å². The molecule has 34 heavy (non-hydrogen) atoms. The number of benzene rings is 1. The van der Waals surface area contributed by atoms with E-state index in [4.69, 9.17) is 4.74 Å². The van der Waals surface area contributed by atoms with Crippen LogP contribution in [-0.4, -0.2) is 65.9 Å². The van der Waals surface area contributed by atoms with Crippen LogP contribution in [-0.2, 0) is 23.9 Å². The highest BCUT2D eigenvalue weighted by Gasteiger charge is 2.44. The smallest absolute Gasteiger partial charge is 0.408 e. The number of carbonyl (C=O) groups excluding carboxylic acids is 4. The lowest BCUT2D eigenvalue weighted by Gasteiger charge is -2.34. The van der Waals surface area contributed by atoms with Gasteiger partial charge in [-0.25, -0.2) is 4.79 Å². The number of ether oxygens (including phenoxy) is 2. The first-order valence-electron chi connectivity index (χ1n) is 11.2. The fraction of sp³-hybridized carbons (Fsp3) is 0.583. The summed E-state index contributed by atoms with van der Waals surface area (Å²) in [5.74, 6) is -1.53. The maximum Gasteiger partial charge on any atom is 0.408 e. The van der Waals surface area contributed by atoms with Crippen molar-refractivity contribution in [3.63, 3.8) is 0 Å². The second kappa shape index (κ2) is 11.6. The van der Waals surface area contributed by atoms with Crippen molar-refractivity contribution in [2.45, 2.75) is 71.2 Å².